The second-order valence-corrected chi connectivity index (χ2v) is 14.2. The Kier molecular flexibility index (Phi) is 6.39. The Hall–Kier alpha value is -6.69. The van der Waals surface area contributed by atoms with Crippen LogP contribution >= 0.6 is 11.3 Å². The Bertz CT molecular complexity index is 3130. The number of benzene rings is 7. The number of nitrogens with zero attached hydrogens (tertiary/aromatic N) is 4. The molecule has 0 atom stereocenters. The SMILES string of the molecule is c1ccc(-c2cc(-n3c4ccccc4c4ccccc43)nc(-c3ccc4sc5c(ccc6c(-c7ccccc7)nc7ccccc7c65)c4c3)n2)cc1. The molecule has 242 valence electrons. The van der Waals surface area contributed by atoms with Gasteiger partial charge < -0.3 is 0 Å². The summed E-state index contributed by atoms with van der Waals surface area (Å²) in [5.74, 6) is 1.54. The van der Waals surface area contributed by atoms with E-state index in [4.69, 9.17) is 15.0 Å². The summed E-state index contributed by atoms with van der Waals surface area (Å²) in [5.41, 5.74) is 8.30. The van der Waals surface area contributed by atoms with Crippen LogP contribution in [0.1, 0.15) is 0 Å². The third-order valence-corrected chi connectivity index (χ3v) is 11.4. The Balaban J connectivity index is 1.16. The molecular formula is C47H28N4S. The van der Waals surface area contributed by atoms with Gasteiger partial charge in [0.15, 0.2) is 5.82 Å². The molecule has 4 heterocycles. The highest BCUT2D eigenvalue weighted by molar-refractivity contribution is 7.26. The van der Waals surface area contributed by atoms with Gasteiger partial charge in [0.05, 0.1) is 27.9 Å². The highest BCUT2D eigenvalue weighted by atomic mass is 32.1. The van der Waals surface area contributed by atoms with Gasteiger partial charge in [0.1, 0.15) is 5.82 Å². The van der Waals surface area contributed by atoms with E-state index in [1.165, 1.54) is 47.1 Å². The Labute approximate surface area is 302 Å². The first-order valence-corrected chi connectivity index (χ1v) is 18.3. The van der Waals surface area contributed by atoms with Crippen molar-refractivity contribution in [1.29, 1.82) is 0 Å². The number of pyridine rings is 1. The van der Waals surface area contributed by atoms with Gasteiger partial charge in [-0.05, 0) is 36.4 Å². The lowest BCUT2D eigenvalue weighted by molar-refractivity contribution is 1.05. The molecule has 0 fully saturated rings. The zero-order valence-electron chi connectivity index (χ0n) is 27.9. The Morgan fingerprint density at radius 2 is 1.06 bits per heavy atom. The fourth-order valence-electron chi connectivity index (χ4n) is 7.83. The van der Waals surface area contributed by atoms with Crippen molar-refractivity contribution in [3.63, 3.8) is 0 Å². The van der Waals surface area contributed by atoms with E-state index >= 15 is 0 Å². The summed E-state index contributed by atoms with van der Waals surface area (Å²) in [6.45, 7) is 0. The second kappa shape index (κ2) is 11.4. The lowest BCUT2D eigenvalue weighted by Crippen LogP contribution is -2.02. The van der Waals surface area contributed by atoms with Crippen molar-refractivity contribution in [2.24, 2.45) is 0 Å². The second-order valence-electron chi connectivity index (χ2n) is 13.2. The van der Waals surface area contributed by atoms with E-state index in [-0.39, 0.29) is 0 Å². The van der Waals surface area contributed by atoms with Crippen LogP contribution in [0.15, 0.2) is 170 Å². The Morgan fingerprint density at radius 3 is 1.81 bits per heavy atom. The van der Waals surface area contributed by atoms with Gasteiger partial charge in [-0.3, -0.25) is 4.57 Å². The highest BCUT2D eigenvalue weighted by Crippen LogP contribution is 2.44. The molecule has 0 unspecified atom stereocenters. The molecule has 0 bridgehead atoms. The summed E-state index contributed by atoms with van der Waals surface area (Å²) in [5, 5.41) is 8.43. The molecule has 0 saturated carbocycles. The van der Waals surface area contributed by atoms with Gasteiger partial charge in [0, 0.05) is 69.9 Å². The van der Waals surface area contributed by atoms with Crippen molar-refractivity contribution in [2.75, 3.05) is 0 Å². The van der Waals surface area contributed by atoms with Gasteiger partial charge >= 0.3 is 0 Å². The van der Waals surface area contributed by atoms with Gasteiger partial charge in [-0.25, -0.2) is 15.0 Å². The Morgan fingerprint density at radius 1 is 0.423 bits per heavy atom. The molecule has 0 amide bonds. The molecule has 11 aromatic rings. The summed E-state index contributed by atoms with van der Waals surface area (Å²) >= 11 is 1.85. The molecule has 0 aliphatic carbocycles. The lowest BCUT2D eigenvalue weighted by Gasteiger charge is -2.12. The minimum atomic E-state index is 0.696. The molecule has 0 spiro atoms. The lowest BCUT2D eigenvalue weighted by atomic mass is 9.98. The summed E-state index contributed by atoms with van der Waals surface area (Å²) < 4.78 is 4.77. The van der Waals surface area contributed by atoms with E-state index in [9.17, 15) is 0 Å². The minimum Gasteiger partial charge on any atom is -0.294 e. The van der Waals surface area contributed by atoms with Crippen molar-refractivity contribution >= 4 is 75.0 Å². The largest absolute Gasteiger partial charge is 0.294 e. The maximum atomic E-state index is 5.33. The summed E-state index contributed by atoms with van der Waals surface area (Å²) in [7, 11) is 0. The highest BCUT2D eigenvalue weighted by Gasteiger charge is 2.19. The molecule has 7 aromatic carbocycles. The van der Waals surface area contributed by atoms with Crippen LogP contribution in [0.3, 0.4) is 0 Å². The molecule has 4 aromatic heterocycles. The standard InChI is InChI=1S/C47H28N4S/c1-3-13-29(14-4-1)39-28-43(51-40-21-11-8-17-32(40)33-18-9-12-22-41(33)51)50-47(49-39)31-23-26-42-37(27-31)34-24-25-36-44(46(34)52-42)35-19-7-10-20-38(35)48-45(36)30-15-5-2-6-16-30/h1-28H. The summed E-state index contributed by atoms with van der Waals surface area (Å²) in [6, 6.07) is 59.9. The number of hydrogen-bond donors (Lipinski definition) is 0. The number of thiophene rings is 1. The van der Waals surface area contributed by atoms with Crippen LogP contribution in [-0.2, 0) is 0 Å². The molecule has 0 aliphatic rings. The van der Waals surface area contributed by atoms with E-state index in [2.05, 4.69) is 168 Å². The quantitative estimate of drug-likeness (QED) is 0.174. The average Bonchev–Trinajstić information content (AvgIpc) is 3.76. The molecule has 0 aliphatic heterocycles. The van der Waals surface area contributed by atoms with Crippen molar-refractivity contribution in [2.45, 2.75) is 0 Å². The summed E-state index contributed by atoms with van der Waals surface area (Å²) in [6.07, 6.45) is 0. The van der Waals surface area contributed by atoms with Gasteiger partial charge in [-0.2, -0.15) is 0 Å². The number of para-hydroxylation sites is 3. The van der Waals surface area contributed by atoms with E-state index in [1.54, 1.807) is 0 Å². The van der Waals surface area contributed by atoms with Crippen LogP contribution < -0.4 is 0 Å². The molecule has 0 radical (unpaired) electrons. The molecular weight excluding hydrogens is 653 g/mol. The zero-order chi connectivity index (χ0) is 34.2. The van der Waals surface area contributed by atoms with Crippen molar-refractivity contribution < 1.29 is 0 Å². The number of aromatic nitrogens is 4. The monoisotopic (exact) mass is 680 g/mol. The molecule has 0 saturated heterocycles. The summed E-state index contributed by atoms with van der Waals surface area (Å²) in [4.78, 5) is 15.7. The van der Waals surface area contributed by atoms with E-state index in [0.717, 1.165) is 50.4 Å². The van der Waals surface area contributed by atoms with Crippen LogP contribution in [0.2, 0.25) is 0 Å². The van der Waals surface area contributed by atoms with Crippen LogP contribution in [0.25, 0.3) is 103 Å². The first kappa shape index (κ1) is 29.1. The maximum Gasteiger partial charge on any atom is 0.162 e. The fraction of sp³-hybridized carbons (Fsp3) is 0. The van der Waals surface area contributed by atoms with Crippen LogP contribution in [0, 0.1) is 0 Å². The topological polar surface area (TPSA) is 43.6 Å². The van der Waals surface area contributed by atoms with E-state index in [0.29, 0.717) is 5.82 Å². The maximum absolute atomic E-state index is 5.33. The third-order valence-electron chi connectivity index (χ3n) is 10.2. The molecule has 52 heavy (non-hydrogen) atoms. The number of rotatable bonds is 4. The van der Waals surface area contributed by atoms with Crippen molar-refractivity contribution in [3.8, 4) is 39.7 Å². The smallest absolute Gasteiger partial charge is 0.162 e. The van der Waals surface area contributed by atoms with Crippen molar-refractivity contribution in [1.82, 2.24) is 19.5 Å². The number of fused-ring (bicyclic) bond motifs is 10. The van der Waals surface area contributed by atoms with Gasteiger partial charge in [0.25, 0.3) is 0 Å². The normalized spacial score (nSPS) is 11.8. The van der Waals surface area contributed by atoms with Crippen LogP contribution in [0.5, 0.6) is 0 Å². The first-order chi connectivity index (χ1) is 25.8. The molecule has 11 rings (SSSR count). The van der Waals surface area contributed by atoms with Crippen molar-refractivity contribution in [3.05, 3.63) is 170 Å². The van der Waals surface area contributed by atoms with Gasteiger partial charge in [0.2, 0.25) is 0 Å². The molecule has 5 heteroatoms. The predicted molar refractivity (Wildman–Crippen MR) is 218 cm³/mol. The number of hydrogen-bond acceptors (Lipinski definition) is 4. The average molecular weight is 681 g/mol. The first-order valence-electron chi connectivity index (χ1n) is 17.5. The minimum absolute atomic E-state index is 0.696. The van der Waals surface area contributed by atoms with Gasteiger partial charge in [-0.15, -0.1) is 11.3 Å². The third kappa shape index (κ3) is 4.43. The van der Waals surface area contributed by atoms with E-state index < -0.39 is 0 Å². The van der Waals surface area contributed by atoms with E-state index in [1.807, 2.05) is 17.4 Å². The van der Waals surface area contributed by atoms with Crippen LogP contribution in [-0.4, -0.2) is 19.5 Å². The van der Waals surface area contributed by atoms with Gasteiger partial charge in [-0.1, -0.05) is 127 Å². The molecule has 4 nitrogen and oxygen atoms in total. The zero-order valence-corrected chi connectivity index (χ0v) is 28.7. The molecule has 0 N–H and O–H groups in total. The fourth-order valence-corrected chi connectivity index (χ4v) is 9.07. The van der Waals surface area contributed by atoms with Crippen LogP contribution in [0.4, 0.5) is 0 Å². The predicted octanol–water partition coefficient (Wildman–Crippen LogP) is 12.6.